The molecule has 2 aromatic carbocycles. The standard InChI is InChI=1S/C19H17FN4O2/c1-12-10-18(22-13-6-7-16-17(11-13)26-9-8-25-16)24-19(21-12)23-15-5-3-2-4-14(15)20/h2-7,10-11H,8-9H2,1H3,(H2,21,22,23,24). The van der Waals surface area contributed by atoms with Gasteiger partial charge in [0.2, 0.25) is 5.95 Å². The van der Waals surface area contributed by atoms with Gasteiger partial charge in [-0.2, -0.15) is 4.98 Å². The van der Waals surface area contributed by atoms with Crippen LogP contribution >= 0.6 is 0 Å². The molecule has 2 N–H and O–H groups in total. The van der Waals surface area contributed by atoms with Crippen molar-refractivity contribution < 1.29 is 13.9 Å². The third-order valence-corrected chi connectivity index (χ3v) is 3.79. The molecular formula is C19H17FN4O2. The van der Waals surface area contributed by atoms with E-state index in [4.69, 9.17) is 9.47 Å². The Morgan fingerprint density at radius 2 is 1.73 bits per heavy atom. The molecular weight excluding hydrogens is 335 g/mol. The monoisotopic (exact) mass is 352 g/mol. The summed E-state index contributed by atoms with van der Waals surface area (Å²) in [6.07, 6.45) is 0. The Bertz CT molecular complexity index is 949. The lowest BCUT2D eigenvalue weighted by molar-refractivity contribution is 0.171. The number of hydrogen-bond donors (Lipinski definition) is 2. The first-order valence-corrected chi connectivity index (χ1v) is 8.21. The van der Waals surface area contributed by atoms with Gasteiger partial charge in [-0.3, -0.25) is 0 Å². The Morgan fingerprint density at radius 3 is 2.58 bits per heavy atom. The molecule has 4 rings (SSSR count). The van der Waals surface area contributed by atoms with Gasteiger partial charge in [0.25, 0.3) is 0 Å². The highest BCUT2D eigenvalue weighted by Crippen LogP contribution is 2.33. The van der Waals surface area contributed by atoms with Crippen LogP contribution in [0.2, 0.25) is 0 Å². The summed E-state index contributed by atoms with van der Waals surface area (Å²) in [4.78, 5) is 8.71. The number of hydrogen-bond acceptors (Lipinski definition) is 6. The van der Waals surface area contributed by atoms with Crippen LogP contribution in [0.3, 0.4) is 0 Å². The van der Waals surface area contributed by atoms with Gasteiger partial charge >= 0.3 is 0 Å². The minimum atomic E-state index is -0.362. The summed E-state index contributed by atoms with van der Waals surface area (Å²) < 4.78 is 24.9. The zero-order valence-electron chi connectivity index (χ0n) is 14.1. The predicted molar refractivity (Wildman–Crippen MR) is 97.2 cm³/mol. The van der Waals surface area contributed by atoms with Crippen LogP contribution in [-0.2, 0) is 0 Å². The Labute approximate surface area is 150 Å². The maximum absolute atomic E-state index is 13.8. The topological polar surface area (TPSA) is 68.3 Å². The van der Waals surface area contributed by atoms with Crippen molar-refractivity contribution in [3.05, 3.63) is 60.0 Å². The van der Waals surface area contributed by atoms with Crippen LogP contribution in [0.1, 0.15) is 5.69 Å². The van der Waals surface area contributed by atoms with Crippen molar-refractivity contribution in [3.8, 4) is 11.5 Å². The van der Waals surface area contributed by atoms with E-state index in [0.717, 1.165) is 17.1 Å². The van der Waals surface area contributed by atoms with Crippen LogP contribution in [0.25, 0.3) is 0 Å². The van der Waals surface area contributed by atoms with Crippen LogP contribution in [0.15, 0.2) is 48.5 Å². The first kappa shape index (κ1) is 16.1. The van der Waals surface area contributed by atoms with Crippen LogP contribution in [0.5, 0.6) is 11.5 Å². The molecule has 0 radical (unpaired) electrons. The van der Waals surface area contributed by atoms with E-state index in [1.54, 1.807) is 18.2 Å². The summed E-state index contributed by atoms with van der Waals surface area (Å²) in [5.74, 6) is 1.96. The number of aryl methyl sites for hydroxylation is 1. The molecule has 2 heterocycles. The largest absolute Gasteiger partial charge is 0.486 e. The molecule has 26 heavy (non-hydrogen) atoms. The van der Waals surface area contributed by atoms with Gasteiger partial charge in [-0.25, -0.2) is 9.37 Å². The summed E-state index contributed by atoms with van der Waals surface area (Å²) in [5, 5.41) is 6.12. The number of aromatic nitrogens is 2. The maximum Gasteiger partial charge on any atom is 0.229 e. The highest BCUT2D eigenvalue weighted by atomic mass is 19.1. The summed E-state index contributed by atoms with van der Waals surface area (Å²) in [6, 6.07) is 13.8. The molecule has 0 amide bonds. The molecule has 1 aliphatic rings. The van der Waals surface area contributed by atoms with E-state index < -0.39 is 0 Å². The van der Waals surface area contributed by atoms with E-state index in [9.17, 15) is 4.39 Å². The van der Waals surface area contributed by atoms with E-state index in [-0.39, 0.29) is 5.82 Å². The lowest BCUT2D eigenvalue weighted by Gasteiger charge is -2.19. The van der Waals surface area contributed by atoms with Crippen molar-refractivity contribution in [2.24, 2.45) is 0 Å². The van der Waals surface area contributed by atoms with E-state index in [1.165, 1.54) is 6.07 Å². The molecule has 0 saturated carbocycles. The third kappa shape index (κ3) is 3.51. The molecule has 1 aliphatic heterocycles. The van der Waals surface area contributed by atoms with Crippen molar-refractivity contribution in [1.29, 1.82) is 0 Å². The Balaban J connectivity index is 1.57. The number of fused-ring (bicyclic) bond motifs is 1. The SMILES string of the molecule is Cc1cc(Nc2ccc3c(c2)OCCO3)nc(Nc2ccccc2F)n1. The zero-order chi connectivity index (χ0) is 17.9. The van der Waals surface area contributed by atoms with Gasteiger partial charge in [-0.05, 0) is 31.2 Å². The Morgan fingerprint density at radius 1 is 0.923 bits per heavy atom. The molecule has 3 aromatic rings. The van der Waals surface area contributed by atoms with Gasteiger partial charge in [0.05, 0.1) is 5.69 Å². The highest BCUT2D eigenvalue weighted by molar-refractivity contribution is 5.63. The molecule has 0 unspecified atom stereocenters. The van der Waals surface area contributed by atoms with Crippen LogP contribution in [0, 0.1) is 12.7 Å². The first-order valence-electron chi connectivity index (χ1n) is 8.21. The predicted octanol–water partition coefficient (Wildman–Crippen LogP) is 4.18. The highest BCUT2D eigenvalue weighted by Gasteiger charge is 2.12. The Hall–Kier alpha value is -3.35. The summed E-state index contributed by atoms with van der Waals surface area (Å²) in [7, 11) is 0. The molecule has 0 aliphatic carbocycles. The molecule has 0 saturated heterocycles. The fraction of sp³-hybridized carbons (Fsp3) is 0.158. The average molecular weight is 352 g/mol. The second kappa shape index (κ2) is 6.87. The third-order valence-electron chi connectivity index (χ3n) is 3.79. The second-order valence-corrected chi connectivity index (χ2v) is 5.81. The maximum atomic E-state index is 13.8. The van der Waals surface area contributed by atoms with Gasteiger partial charge in [0, 0.05) is 23.5 Å². The van der Waals surface area contributed by atoms with Crippen LogP contribution in [0.4, 0.5) is 27.5 Å². The summed E-state index contributed by atoms with van der Waals surface area (Å²) in [5.41, 5.74) is 1.88. The lowest BCUT2D eigenvalue weighted by atomic mass is 10.2. The van der Waals surface area contributed by atoms with Gasteiger partial charge in [0.15, 0.2) is 11.5 Å². The number of para-hydroxylation sites is 1. The lowest BCUT2D eigenvalue weighted by Crippen LogP contribution is -2.15. The fourth-order valence-electron chi connectivity index (χ4n) is 2.64. The van der Waals surface area contributed by atoms with Gasteiger partial charge in [-0.15, -0.1) is 0 Å². The Kier molecular flexibility index (Phi) is 4.27. The minimum Gasteiger partial charge on any atom is -0.486 e. The number of nitrogens with one attached hydrogen (secondary N) is 2. The first-order chi connectivity index (χ1) is 12.7. The van der Waals surface area contributed by atoms with Crippen molar-refractivity contribution in [2.45, 2.75) is 6.92 Å². The van der Waals surface area contributed by atoms with Crippen LogP contribution < -0.4 is 20.1 Å². The molecule has 0 atom stereocenters. The molecule has 7 heteroatoms. The van der Waals surface area contributed by atoms with Gasteiger partial charge in [0.1, 0.15) is 24.8 Å². The molecule has 1 aromatic heterocycles. The van der Waals surface area contributed by atoms with Gasteiger partial charge < -0.3 is 20.1 Å². The number of halogens is 1. The zero-order valence-corrected chi connectivity index (χ0v) is 14.1. The number of nitrogens with zero attached hydrogens (tertiary/aromatic N) is 2. The molecule has 6 nitrogen and oxygen atoms in total. The molecule has 132 valence electrons. The normalized spacial score (nSPS) is 12.5. The molecule has 0 fully saturated rings. The van der Waals surface area contributed by atoms with Crippen LogP contribution in [-0.4, -0.2) is 23.2 Å². The number of anilines is 4. The number of benzene rings is 2. The smallest absolute Gasteiger partial charge is 0.229 e. The summed E-state index contributed by atoms with van der Waals surface area (Å²) in [6.45, 7) is 2.93. The fourth-order valence-corrected chi connectivity index (χ4v) is 2.64. The molecule has 0 spiro atoms. The van der Waals surface area contributed by atoms with E-state index in [2.05, 4.69) is 20.6 Å². The van der Waals surface area contributed by atoms with Crippen molar-refractivity contribution in [2.75, 3.05) is 23.8 Å². The van der Waals surface area contributed by atoms with E-state index in [1.807, 2.05) is 31.2 Å². The quantitative estimate of drug-likeness (QED) is 0.734. The van der Waals surface area contributed by atoms with Crippen molar-refractivity contribution >= 4 is 23.1 Å². The van der Waals surface area contributed by atoms with Gasteiger partial charge in [-0.1, -0.05) is 12.1 Å². The molecule has 0 bridgehead atoms. The average Bonchev–Trinajstić information content (AvgIpc) is 2.63. The summed E-state index contributed by atoms with van der Waals surface area (Å²) >= 11 is 0. The van der Waals surface area contributed by atoms with Crippen molar-refractivity contribution in [3.63, 3.8) is 0 Å². The number of ether oxygens (including phenoxy) is 2. The van der Waals surface area contributed by atoms with E-state index in [0.29, 0.717) is 36.4 Å². The van der Waals surface area contributed by atoms with Crippen molar-refractivity contribution in [1.82, 2.24) is 9.97 Å². The second-order valence-electron chi connectivity index (χ2n) is 5.81. The van der Waals surface area contributed by atoms with E-state index >= 15 is 0 Å². The number of rotatable bonds is 4. The minimum absolute atomic E-state index is 0.315.